The lowest BCUT2D eigenvalue weighted by Crippen LogP contribution is -2.43. The monoisotopic (exact) mass is 506 g/mol. The second-order valence-corrected chi connectivity index (χ2v) is 15.7. The van der Waals surface area contributed by atoms with Gasteiger partial charge in [0.1, 0.15) is 5.82 Å². The van der Waals surface area contributed by atoms with E-state index in [-0.39, 0.29) is 11.1 Å². The number of halogens is 1. The Balaban J connectivity index is 2.30. The van der Waals surface area contributed by atoms with Gasteiger partial charge in [0.15, 0.2) is 8.32 Å². The number of aryl methyl sites for hydroxylation is 2. The van der Waals surface area contributed by atoms with E-state index in [1.165, 1.54) is 11.1 Å². The maximum atomic E-state index is 6.53. The van der Waals surface area contributed by atoms with Crippen LogP contribution in [0.5, 0.6) is 0 Å². The highest BCUT2D eigenvalue weighted by Gasteiger charge is 2.37. The van der Waals surface area contributed by atoms with Gasteiger partial charge in [0, 0.05) is 28.2 Å². The average Bonchev–Trinajstić information content (AvgIpc) is 2.63. The van der Waals surface area contributed by atoms with Gasteiger partial charge in [-0.15, -0.1) is 0 Å². The van der Waals surface area contributed by atoms with Gasteiger partial charge >= 0.3 is 0 Å². The van der Waals surface area contributed by atoms with E-state index < -0.39 is 8.32 Å². The number of rotatable bonds is 9. The summed E-state index contributed by atoms with van der Waals surface area (Å²) in [4.78, 5) is 9.04. The van der Waals surface area contributed by atoms with Gasteiger partial charge in [-0.1, -0.05) is 56.1 Å². The Labute approximate surface area is 197 Å². The molecule has 0 saturated heterocycles. The van der Waals surface area contributed by atoms with Crippen molar-refractivity contribution < 1.29 is 4.43 Å². The van der Waals surface area contributed by atoms with E-state index in [0.29, 0.717) is 12.6 Å². The molecule has 1 aromatic heterocycles. The molecule has 0 unspecified atom stereocenters. The Morgan fingerprint density at radius 2 is 1.87 bits per heavy atom. The molecule has 0 saturated carbocycles. The SMILES string of the molecule is CCC[C@@H](CO[Si](C)(C)C(C)(C)C)Nc1nc(N)nc(C)c1Cc1ccc(Br)cc1C. The number of nitrogen functional groups attached to an aromatic ring is 1. The Bertz CT molecular complexity index is 896. The van der Waals surface area contributed by atoms with Gasteiger partial charge in [-0.3, -0.25) is 0 Å². The maximum absolute atomic E-state index is 6.53. The van der Waals surface area contributed by atoms with Crippen molar-refractivity contribution >= 4 is 36.0 Å². The second kappa shape index (κ2) is 10.4. The average molecular weight is 508 g/mol. The summed E-state index contributed by atoms with van der Waals surface area (Å²) in [6.45, 7) is 18.4. The predicted octanol–water partition coefficient (Wildman–Crippen LogP) is 6.63. The van der Waals surface area contributed by atoms with E-state index in [1.54, 1.807) is 0 Å². The standard InChI is InChI=1S/C24H39BrN4OSi/c1-9-10-20(15-30-31(7,8)24(4,5)6)28-22-21(17(3)27-23(26)29-22)14-18-11-12-19(25)13-16(18)2/h11-13,20H,9-10,14-15H2,1-8H3,(H3,26,27,28,29)/t20-/m0/s1. The summed E-state index contributed by atoms with van der Waals surface area (Å²) < 4.78 is 7.61. The van der Waals surface area contributed by atoms with Crippen molar-refractivity contribution in [2.45, 2.75) is 85.0 Å². The first-order chi connectivity index (χ1) is 14.3. The molecule has 172 valence electrons. The van der Waals surface area contributed by atoms with Gasteiger partial charge in [0.05, 0.1) is 6.61 Å². The first kappa shape index (κ1) is 25.8. The van der Waals surface area contributed by atoms with Crippen molar-refractivity contribution in [3.8, 4) is 0 Å². The highest BCUT2D eigenvalue weighted by Crippen LogP contribution is 2.36. The number of nitrogens with zero attached hydrogens (tertiary/aromatic N) is 2. The molecule has 5 nitrogen and oxygen atoms in total. The van der Waals surface area contributed by atoms with Crippen LogP contribution in [0.4, 0.5) is 11.8 Å². The van der Waals surface area contributed by atoms with E-state index in [9.17, 15) is 0 Å². The molecule has 1 atom stereocenters. The summed E-state index contributed by atoms with van der Waals surface area (Å²) in [5.41, 5.74) is 10.5. The van der Waals surface area contributed by atoms with E-state index >= 15 is 0 Å². The van der Waals surface area contributed by atoms with Gasteiger partial charge in [-0.25, -0.2) is 4.98 Å². The minimum Gasteiger partial charge on any atom is -0.415 e. The highest BCUT2D eigenvalue weighted by molar-refractivity contribution is 9.10. The van der Waals surface area contributed by atoms with E-state index in [1.807, 2.05) is 6.92 Å². The molecular weight excluding hydrogens is 468 g/mol. The molecule has 3 N–H and O–H groups in total. The molecule has 0 spiro atoms. The number of hydrogen-bond acceptors (Lipinski definition) is 5. The van der Waals surface area contributed by atoms with Crippen LogP contribution >= 0.6 is 15.9 Å². The molecule has 2 aromatic rings. The smallest absolute Gasteiger partial charge is 0.222 e. The van der Waals surface area contributed by atoms with Crippen molar-refractivity contribution in [3.63, 3.8) is 0 Å². The third-order valence-corrected chi connectivity index (χ3v) is 11.3. The van der Waals surface area contributed by atoms with Crippen molar-refractivity contribution in [2.75, 3.05) is 17.7 Å². The Hall–Kier alpha value is -1.44. The lowest BCUT2D eigenvalue weighted by atomic mass is 9.99. The summed E-state index contributed by atoms with van der Waals surface area (Å²) in [6.07, 6.45) is 2.84. The summed E-state index contributed by atoms with van der Waals surface area (Å²) in [7, 11) is -1.83. The molecule has 0 amide bonds. The van der Waals surface area contributed by atoms with Crippen LogP contribution in [-0.4, -0.2) is 30.9 Å². The van der Waals surface area contributed by atoms with Gasteiger partial charge in [0.2, 0.25) is 5.95 Å². The molecule has 2 rings (SSSR count). The van der Waals surface area contributed by atoms with Gasteiger partial charge in [-0.05, 0) is 61.7 Å². The van der Waals surface area contributed by atoms with Crippen LogP contribution in [0.1, 0.15) is 62.9 Å². The van der Waals surface area contributed by atoms with Gasteiger partial charge < -0.3 is 15.5 Å². The fourth-order valence-corrected chi connectivity index (χ4v) is 4.79. The summed E-state index contributed by atoms with van der Waals surface area (Å²) in [5, 5.41) is 3.85. The highest BCUT2D eigenvalue weighted by atomic mass is 79.9. The van der Waals surface area contributed by atoms with Crippen molar-refractivity contribution in [3.05, 3.63) is 45.1 Å². The second-order valence-electron chi connectivity index (χ2n) is 9.94. The van der Waals surface area contributed by atoms with Crippen LogP contribution in [-0.2, 0) is 10.8 Å². The lowest BCUT2D eigenvalue weighted by molar-refractivity contribution is 0.265. The first-order valence-electron chi connectivity index (χ1n) is 11.1. The number of hydrogen-bond donors (Lipinski definition) is 2. The molecule has 1 heterocycles. The quantitative estimate of drug-likeness (QED) is 0.373. The van der Waals surface area contributed by atoms with E-state index in [0.717, 1.165) is 40.8 Å². The zero-order valence-corrected chi connectivity index (χ0v) is 23.0. The van der Waals surface area contributed by atoms with Crippen LogP contribution in [0.3, 0.4) is 0 Å². The number of nitrogens with two attached hydrogens (primary N) is 1. The van der Waals surface area contributed by atoms with Crippen LogP contribution in [0.2, 0.25) is 18.1 Å². The molecule has 0 aliphatic carbocycles. The lowest BCUT2D eigenvalue weighted by Gasteiger charge is -2.37. The van der Waals surface area contributed by atoms with Crippen molar-refractivity contribution in [1.82, 2.24) is 9.97 Å². The van der Waals surface area contributed by atoms with Crippen molar-refractivity contribution in [2.24, 2.45) is 0 Å². The topological polar surface area (TPSA) is 73.1 Å². The molecule has 0 fully saturated rings. The number of benzene rings is 1. The van der Waals surface area contributed by atoms with Gasteiger partial charge in [-0.2, -0.15) is 4.98 Å². The first-order valence-corrected chi connectivity index (χ1v) is 14.8. The summed E-state index contributed by atoms with van der Waals surface area (Å²) in [5.74, 6) is 1.13. The van der Waals surface area contributed by atoms with Crippen LogP contribution in [0.25, 0.3) is 0 Å². The largest absolute Gasteiger partial charge is 0.415 e. The van der Waals surface area contributed by atoms with Crippen LogP contribution in [0.15, 0.2) is 22.7 Å². The fraction of sp³-hybridized carbons (Fsp3) is 0.583. The molecule has 1 aromatic carbocycles. The summed E-state index contributed by atoms with van der Waals surface area (Å²) in [6, 6.07) is 6.56. The molecule has 0 bridgehead atoms. The third kappa shape index (κ3) is 7.02. The number of nitrogens with one attached hydrogen (secondary N) is 1. The predicted molar refractivity (Wildman–Crippen MR) is 138 cm³/mol. The number of anilines is 2. The Morgan fingerprint density at radius 1 is 1.19 bits per heavy atom. The Morgan fingerprint density at radius 3 is 2.45 bits per heavy atom. The van der Waals surface area contributed by atoms with E-state index in [4.69, 9.17) is 10.2 Å². The van der Waals surface area contributed by atoms with Crippen LogP contribution < -0.4 is 11.1 Å². The molecule has 0 radical (unpaired) electrons. The van der Waals surface area contributed by atoms with Gasteiger partial charge in [0.25, 0.3) is 0 Å². The third-order valence-electron chi connectivity index (χ3n) is 6.33. The molecule has 31 heavy (non-hydrogen) atoms. The minimum absolute atomic E-state index is 0.178. The zero-order valence-electron chi connectivity index (χ0n) is 20.4. The fourth-order valence-electron chi connectivity index (χ4n) is 3.26. The zero-order chi connectivity index (χ0) is 23.4. The molecular formula is C24H39BrN4OSi. The number of aromatic nitrogens is 2. The normalized spacial score (nSPS) is 13.3. The molecule has 7 heteroatoms. The van der Waals surface area contributed by atoms with E-state index in [2.05, 4.69) is 97.1 Å². The van der Waals surface area contributed by atoms with Crippen molar-refractivity contribution in [1.29, 1.82) is 0 Å². The minimum atomic E-state index is -1.83. The summed E-state index contributed by atoms with van der Waals surface area (Å²) >= 11 is 3.55. The molecule has 0 aliphatic rings. The van der Waals surface area contributed by atoms with Crippen LogP contribution in [0, 0.1) is 13.8 Å². The Kier molecular flexibility index (Phi) is 8.70. The maximum Gasteiger partial charge on any atom is 0.222 e. The molecule has 0 aliphatic heterocycles.